The van der Waals surface area contributed by atoms with E-state index in [4.69, 9.17) is 0 Å². The maximum Gasteiger partial charge on any atom is 0.0626 e. The summed E-state index contributed by atoms with van der Waals surface area (Å²) < 4.78 is 0. The molecule has 1 rings (SSSR count). The molecule has 1 aliphatic carbocycles. The molecule has 1 heteroatoms. The van der Waals surface area contributed by atoms with Crippen molar-refractivity contribution >= 4 is 0 Å². The van der Waals surface area contributed by atoms with Gasteiger partial charge in [-0.3, -0.25) is 0 Å². The van der Waals surface area contributed by atoms with E-state index in [2.05, 4.69) is 0 Å². The van der Waals surface area contributed by atoms with Crippen molar-refractivity contribution in [3.63, 3.8) is 0 Å². The van der Waals surface area contributed by atoms with Gasteiger partial charge in [0.05, 0.1) is 5.60 Å². The van der Waals surface area contributed by atoms with Gasteiger partial charge in [-0.05, 0) is 39.0 Å². The molecule has 1 nitrogen and oxygen atoms in total. The van der Waals surface area contributed by atoms with Crippen LogP contribution in [0.4, 0.5) is 0 Å². The van der Waals surface area contributed by atoms with Crippen molar-refractivity contribution in [3.05, 3.63) is 6.42 Å². The first-order valence-electron chi connectivity index (χ1n) is 3.16. The van der Waals surface area contributed by atoms with E-state index in [1.54, 1.807) is 0 Å². The van der Waals surface area contributed by atoms with Crippen LogP contribution < -0.4 is 0 Å². The molecule has 0 amide bonds. The highest BCUT2D eigenvalue weighted by atomic mass is 16.3. The van der Waals surface area contributed by atoms with Crippen molar-refractivity contribution in [1.82, 2.24) is 0 Å². The van der Waals surface area contributed by atoms with Crippen LogP contribution in [0.1, 0.15) is 26.7 Å². The molecular formula is C7H13O. The molecule has 0 aromatic rings. The molecular weight excluding hydrogens is 100 g/mol. The van der Waals surface area contributed by atoms with Crippen molar-refractivity contribution in [1.29, 1.82) is 0 Å². The lowest BCUT2D eigenvalue weighted by Crippen LogP contribution is -2.19. The topological polar surface area (TPSA) is 20.2 Å². The molecule has 0 unspecified atom stereocenters. The Kier molecular flexibility index (Phi) is 1.31. The van der Waals surface area contributed by atoms with Gasteiger partial charge in [-0.15, -0.1) is 0 Å². The summed E-state index contributed by atoms with van der Waals surface area (Å²) in [6.07, 6.45) is 4.58. The fourth-order valence-corrected chi connectivity index (χ4v) is 0.840. The molecule has 0 aromatic heterocycles. The number of hydrogen-bond donors (Lipinski definition) is 1. The summed E-state index contributed by atoms with van der Waals surface area (Å²) in [6.45, 7) is 3.65. The Balaban J connectivity index is 2.16. The molecule has 47 valence electrons. The fourth-order valence-electron chi connectivity index (χ4n) is 0.840. The van der Waals surface area contributed by atoms with E-state index in [-0.39, 0.29) is 0 Å². The van der Waals surface area contributed by atoms with Crippen LogP contribution in [0.5, 0.6) is 0 Å². The van der Waals surface area contributed by atoms with Crippen LogP contribution in [-0.2, 0) is 0 Å². The first-order chi connectivity index (χ1) is 3.58. The average Bonchev–Trinajstić information content (AvgIpc) is 2.12. The van der Waals surface area contributed by atoms with E-state index in [1.165, 1.54) is 12.8 Å². The van der Waals surface area contributed by atoms with Crippen molar-refractivity contribution in [3.8, 4) is 0 Å². The van der Waals surface area contributed by atoms with Gasteiger partial charge in [0.15, 0.2) is 0 Å². The average molecular weight is 113 g/mol. The summed E-state index contributed by atoms with van der Waals surface area (Å²) in [5, 5.41) is 9.17. The molecule has 0 heterocycles. The normalized spacial score (nSPS) is 21.4. The molecule has 1 aliphatic rings. The molecule has 1 N–H and O–H groups in total. The van der Waals surface area contributed by atoms with Crippen LogP contribution in [0.3, 0.4) is 0 Å². The predicted molar refractivity (Wildman–Crippen MR) is 33.3 cm³/mol. The van der Waals surface area contributed by atoms with Crippen LogP contribution in [-0.4, -0.2) is 10.7 Å². The van der Waals surface area contributed by atoms with Crippen molar-refractivity contribution in [2.45, 2.75) is 32.3 Å². The van der Waals surface area contributed by atoms with Crippen molar-refractivity contribution in [2.75, 3.05) is 0 Å². The SMILES string of the molecule is CC(C)(O)[CH]C1CC1. The van der Waals surface area contributed by atoms with Gasteiger partial charge in [0.1, 0.15) is 0 Å². The Labute approximate surface area is 50.7 Å². The molecule has 8 heavy (non-hydrogen) atoms. The van der Waals surface area contributed by atoms with Crippen molar-refractivity contribution < 1.29 is 5.11 Å². The van der Waals surface area contributed by atoms with Crippen LogP contribution in [0.25, 0.3) is 0 Å². The molecule has 0 atom stereocenters. The maximum atomic E-state index is 9.17. The lowest BCUT2D eigenvalue weighted by Gasteiger charge is -2.14. The van der Waals surface area contributed by atoms with E-state index in [0.717, 1.165) is 5.92 Å². The quantitative estimate of drug-likeness (QED) is 0.573. The van der Waals surface area contributed by atoms with Crippen LogP contribution in [0.2, 0.25) is 0 Å². The smallest absolute Gasteiger partial charge is 0.0626 e. The van der Waals surface area contributed by atoms with E-state index in [1.807, 2.05) is 20.3 Å². The lowest BCUT2D eigenvalue weighted by atomic mass is 10.0. The lowest BCUT2D eigenvalue weighted by molar-refractivity contribution is 0.109. The Bertz CT molecular complexity index is 76.9. The molecule has 0 aromatic carbocycles. The molecule has 0 spiro atoms. The Morgan fingerprint density at radius 3 is 2.12 bits per heavy atom. The highest BCUT2D eigenvalue weighted by Gasteiger charge is 2.28. The second-order valence-corrected chi connectivity index (χ2v) is 3.16. The predicted octanol–water partition coefficient (Wildman–Crippen LogP) is 1.37. The first-order valence-corrected chi connectivity index (χ1v) is 3.16. The zero-order chi connectivity index (χ0) is 6.20. The number of rotatable bonds is 2. The third kappa shape index (κ3) is 2.31. The van der Waals surface area contributed by atoms with E-state index >= 15 is 0 Å². The summed E-state index contributed by atoms with van der Waals surface area (Å²) >= 11 is 0. The summed E-state index contributed by atoms with van der Waals surface area (Å²) in [4.78, 5) is 0. The number of aliphatic hydroxyl groups is 1. The van der Waals surface area contributed by atoms with Crippen molar-refractivity contribution in [2.24, 2.45) is 5.92 Å². The summed E-state index contributed by atoms with van der Waals surface area (Å²) in [7, 11) is 0. The molecule has 1 fully saturated rings. The van der Waals surface area contributed by atoms with Gasteiger partial charge in [-0.1, -0.05) is 0 Å². The van der Waals surface area contributed by atoms with Gasteiger partial charge >= 0.3 is 0 Å². The van der Waals surface area contributed by atoms with Gasteiger partial charge in [0.2, 0.25) is 0 Å². The fraction of sp³-hybridized carbons (Fsp3) is 0.857. The summed E-state index contributed by atoms with van der Waals surface area (Å²) in [5.74, 6) is 0.718. The largest absolute Gasteiger partial charge is 0.390 e. The minimum absolute atomic E-state index is 0.541. The highest BCUT2D eigenvalue weighted by molar-refractivity contribution is 4.96. The summed E-state index contributed by atoms with van der Waals surface area (Å²) in [6, 6.07) is 0. The van der Waals surface area contributed by atoms with E-state index in [0.29, 0.717) is 0 Å². The Morgan fingerprint density at radius 1 is 1.50 bits per heavy atom. The Morgan fingerprint density at radius 2 is 2.00 bits per heavy atom. The minimum Gasteiger partial charge on any atom is -0.390 e. The minimum atomic E-state index is -0.541. The third-order valence-corrected chi connectivity index (χ3v) is 1.27. The molecule has 1 radical (unpaired) electrons. The summed E-state index contributed by atoms with van der Waals surface area (Å²) in [5.41, 5.74) is -0.541. The van der Waals surface area contributed by atoms with Crippen LogP contribution in [0, 0.1) is 12.3 Å². The highest BCUT2D eigenvalue weighted by Crippen LogP contribution is 2.35. The monoisotopic (exact) mass is 113 g/mol. The maximum absolute atomic E-state index is 9.17. The van der Waals surface area contributed by atoms with E-state index < -0.39 is 5.60 Å². The second-order valence-electron chi connectivity index (χ2n) is 3.16. The second kappa shape index (κ2) is 1.73. The van der Waals surface area contributed by atoms with Gasteiger partial charge in [-0.25, -0.2) is 0 Å². The van der Waals surface area contributed by atoms with Gasteiger partial charge in [0, 0.05) is 0 Å². The molecule has 0 bridgehead atoms. The third-order valence-electron chi connectivity index (χ3n) is 1.27. The molecule has 0 aliphatic heterocycles. The van der Waals surface area contributed by atoms with Crippen LogP contribution >= 0.6 is 0 Å². The Hall–Kier alpha value is -0.0400. The van der Waals surface area contributed by atoms with Gasteiger partial charge in [-0.2, -0.15) is 0 Å². The van der Waals surface area contributed by atoms with Gasteiger partial charge < -0.3 is 5.11 Å². The van der Waals surface area contributed by atoms with E-state index in [9.17, 15) is 5.11 Å². The number of hydrogen-bond acceptors (Lipinski definition) is 1. The standard InChI is InChI=1S/C7H13O/c1-7(2,8)5-6-3-4-6/h5-6,8H,3-4H2,1-2H3. The molecule has 0 saturated heterocycles. The first kappa shape index (κ1) is 6.09. The zero-order valence-corrected chi connectivity index (χ0v) is 5.52. The molecule has 1 saturated carbocycles. The van der Waals surface area contributed by atoms with Gasteiger partial charge in [0.25, 0.3) is 0 Å². The van der Waals surface area contributed by atoms with Crippen LogP contribution in [0.15, 0.2) is 0 Å². The zero-order valence-electron chi connectivity index (χ0n) is 5.52.